The summed E-state index contributed by atoms with van der Waals surface area (Å²) in [4.78, 5) is 0.0429. The molecule has 84 valence electrons. The van der Waals surface area contributed by atoms with Crippen LogP contribution in [-0.2, 0) is 6.54 Å². The standard InChI is InChI=1S/C8H9FN2O3.H3N/c1-14-8-3-2-6(4-7(8)9)5-11(13)10-12;/h2-4,12H,5H2,1H3;1H3. The Morgan fingerprint density at radius 2 is 2.27 bits per heavy atom. The first-order valence-electron chi connectivity index (χ1n) is 3.79. The molecule has 7 heteroatoms. The van der Waals surface area contributed by atoms with E-state index in [9.17, 15) is 9.60 Å². The summed E-state index contributed by atoms with van der Waals surface area (Å²) in [5.74, 6) is -0.455. The van der Waals surface area contributed by atoms with Crippen LogP contribution in [0.4, 0.5) is 4.39 Å². The first kappa shape index (κ1) is 13.1. The molecule has 0 aliphatic heterocycles. The van der Waals surface area contributed by atoms with E-state index in [1.165, 1.54) is 19.2 Å². The highest BCUT2D eigenvalue weighted by Crippen LogP contribution is 2.17. The number of rotatable bonds is 3. The summed E-state index contributed by atoms with van der Waals surface area (Å²) in [6, 6.07) is 4.06. The van der Waals surface area contributed by atoms with E-state index in [2.05, 4.69) is 5.28 Å². The zero-order valence-corrected chi connectivity index (χ0v) is 8.18. The van der Waals surface area contributed by atoms with Crippen molar-refractivity contribution in [1.29, 1.82) is 0 Å². The molecule has 0 fully saturated rings. The summed E-state index contributed by atoms with van der Waals surface area (Å²) in [6.07, 6.45) is 0. The van der Waals surface area contributed by atoms with Crippen LogP contribution >= 0.6 is 0 Å². The van der Waals surface area contributed by atoms with Crippen molar-refractivity contribution in [3.63, 3.8) is 0 Å². The molecule has 15 heavy (non-hydrogen) atoms. The minimum atomic E-state index is -0.559. The SMILES string of the molecule is COc1ccc(C[N+]([O-])=NO)cc1F.N. The topological polar surface area (TPSA) is 103 Å². The Hall–Kier alpha value is -1.89. The normalized spacial score (nSPS) is 10.7. The minimum Gasteiger partial charge on any atom is -0.597 e. The lowest BCUT2D eigenvalue weighted by molar-refractivity contribution is -0.570. The fraction of sp³-hybridized carbons (Fsp3) is 0.250. The number of benzene rings is 1. The molecule has 0 bridgehead atoms. The van der Waals surface area contributed by atoms with Gasteiger partial charge in [0.1, 0.15) is 0 Å². The van der Waals surface area contributed by atoms with Gasteiger partial charge in [-0.15, -0.1) is 0 Å². The molecule has 0 spiro atoms. The van der Waals surface area contributed by atoms with Crippen LogP contribution in [0.5, 0.6) is 5.75 Å². The second-order valence-corrected chi connectivity index (χ2v) is 2.57. The maximum absolute atomic E-state index is 13.1. The lowest BCUT2D eigenvalue weighted by Crippen LogP contribution is -2.01. The van der Waals surface area contributed by atoms with E-state index in [0.717, 1.165) is 6.07 Å². The van der Waals surface area contributed by atoms with Crippen molar-refractivity contribution >= 4 is 0 Å². The summed E-state index contributed by atoms with van der Waals surface area (Å²) >= 11 is 0. The van der Waals surface area contributed by atoms with Gasteiger partial charge < -0.3 is 21.3 Å². The fourth-order valence-electron chi connectivity index (χ4n) is 0.996. The van der Waals surface area contributed by atoms with Crippen molar-refractivity contribution in [3.05, 3.63) is 34.8 Å². The molecule has 0 atom stereocenters. The summed E-state index contributed by atoms with van der Waals surface area (Å²) in [6.45, 7) is -0.211. The molecule has 0 heterocycles. The van der Waals surface area contributed by atoms with E-state index < -0.39 is 5.82 Å². The first-order chi connectivity index (χ1) is 6.67. The highest BCUT2D eigenvalue weighted by molar-refractivity contribution is 5.28. The number of ether oxygens (including phenoxy) is 1. The van der Waals surface area contributed by atoms with Gasteiger partial charge in [-0.25, -0.2) is 4.39 Å². The van der Waals surface area contributed by atoms with Crippen LogP contribution in [0.2, 0.25) is 0 Å². The van der Waals surface area contributed by atoms with E-state index in [4.69, 9.17) is 9.94 Å². The molecule has 0 amide bonds. The highest BCUT2D eigenvalue weighted by atomic mass is 19.1. The zero-order valence-electron chi connectivity index (χ0n) is 8.18. The second-order valence-electron chi connectivity index (χ2n) is 2.57. The van der Waals surface area contributed by atoms with E-state index in [1.807, 2.05) is 0 Å². The third kappa shape index (κ3) is 3.39. The maximum atomic E-state index is 13.1. The zero-order chi connectivity index (χ0) is 10.6. The van der Waals surface area contributed by atoms with Crippen LogP contribution in [-0.4, -0.2) is 17.2 Å². The quantitative estimate of drug-likeness (QED) is 0.458. The molecule has 0 saturated heterocycles. The average molecular weight is 217 g/mol. The molecule has 0 aromatic heterocycles. The third-order valence-corrected chi connectivity index (χ3v) is 1.63. The molecule has 0 unspecified atom stereocenters. The molecule has 4 N–H and O–H groups in total. The van der Waals surface area contributed by atoms with Crippen LogP contribution in [0.3, 0.4) is 0 Å². The second kappa shape index (κ2) is 5.76. The molecule has 0 saturated carbocycles. The smallest absolute Gasteiger partial charge is 0.209 e. The van der Waals surface area contributed by atoms with Gasteiger partial charge in [0.2, 0.25) is 6.54 Å². The molecule has 0 radical (unpaired) electrons. The van der Waals surface area contributed by atoms with Crippen LogP contribution < -0.4 is 10.9 Å². The van der Waals surface area contributed by atoms with Gasteiger partial charge in [-0.3, -0.25) is 0 Å². The Morgan fingerprint density at radius 1 is 1.60 bits per heavy atom. The highest BCUT2D eigenvalue weighted by Gasteiger charge is 2.06. The average Bonchev–Trinajstić information content (AvgIpc) is 2.18. The molecule has 6 nitrogen and oxygen atoms in total. The lowest BCUT2D eigenvalue weighted by Gasteiger charge is -2.03. The Bertz CT molecular complexity index is 357. The van der Waals surface area contributed by atoms with Crippen molar-refractivity contribution in [3.8, 4) is 5.75 Å². The number of hydrogen-bond donors (Lipinski definition) is 2. The van der Waals surface area contributed by atoms with E-state index in [-0.39, 0.29) is 23.3 Å². The molecule has 0 aliphatic carbocycles. The van der Waals surface area contributed by atoms with Crippen LogP contribution in [0.15, 0.2) is 23.5 Å². The number of hydroxylamine groups is 1. The molecular formula is C8H12FN3O3. The molecular weight excluding hydrogens is 205 g/mol. The van der Waals surface area contributed by atoms with Crippen molar-refractivity contribution in [2.24, 2.45) is 5.28 Å². The number of nitrogens with zero attached hydrogens (tertiary/aromatic N) is 2. The van der Waals surface area contributed by atoms with Crippen molar-refractivity contribution in [1.82, 2.24) is 6.15 Å². The predicted octanol–water partition coefficient (Wildman–Crippen LogP) is 1.85. The first-order valence-corrected chi connectivity index (χ1v) is 3.79. The van der Waals surface area contributed by atoms with Gasteiger partial charge >= 0.3 is 0 Å². The van der Waals surface area contributed by atoms with Crippen LogP contribution in [0, 0.1) is 11.0 Å². The molecule has 0 aliphatic rings. The number of halogens is 1. The number of methoxy groups -OCH3 is 1. The largest absolute Gasteiger partial charge is 0.597 e. The fourth-order valence-corrected chi connectivity index (χ4v) is 0.996. The monoisotopic (exact) mass is 217 g/mol. The Morgan fingerprint density at radius 3 is 2.73 bits per heavy atom. The number of hydrogen-bond acceptors (Lipinski definition) is 4. The van der Waals surface area contributed by atoms with Gasteiger partial charge in [-0.05, 0) is 18.2 Å². The summed E-state index contributed by atoms with van der Waals surface area (Å²) in [5, 5.41) is 21.1. The van der Waals surface area contributed by atoms with Gasteiger partial charge in [-0.1, -0.05) is 4.86 Å². The van der Waals surface area contributed by atoms with Crippen molar-refractivity contribution in [2.75, 3.05) is 7.11 Å². The van der Waals surface area contributed by atoms with Gasteiger partial charge in [-0.2, -0.15) is 0 Å². The van der Waals surface area contributed by atoms with E-state index in [0.29, 0.717) is 5.56 Å². The predicted molar refractivity (Wildman–Crippen MR) is 49.5 cm³/mol. The van der Waals surface area contributed by atoms with Gasteiger partial charge in [0.05, 0.1) is 7.11 Å². The third-order valence-electron chi connectivity index (χ3n) is 1.63. The van der Waals surface area contributed by atoms with E-state index in [1.54, 1.807) is 0 Å². The summed E-state index contributed by atoms with van der Waals surface area (Å²) in [5.41, 5.74) is 0.399. The van der Waals surface area contributed by atoms with Crippen molar-refractivity contribution in [2.45, 2.75) is 6.54 Å². The van der Waals surface area contributed by atoms with Gasteiger partial charge in [0.15, 0.2) is 16.8 Å². The van der Waals surface area contributed by atoms with Crippen LogP contribution in [0.25, 0.3) is 0 Å². The maximum Gasteiger partial charge on any atom is 0.209 e. The van der Waals surface area contributed by atoms with Gasteiger partial charge in [0.25, 0.3) is 0 Å². The van der Waals surface area contributed by atoms with Crippen molar-refractivity contribution < 1.29 is 19.2 Å². The van der Waals surface area contributed by atoms with Crippen LogP contribution in [0.1, 0.15) is 5.56 Å². The molecule has 1 aromatic carbocycles. The van der Waals surface area contributed by atoms with Gasteiger partial charge in [0, 0.05) is 5.56 Å². The summed E-state index contributed by atoms with van der Waals surface area (Å²) in [7, 11) is 1.35. The van der Waals surface area contributed by atoms with E-state index >= 15 is 0 Å². The molecule has 1 aromatic rings. The minimum absolute atomic E-state index is 0. The Balaban J connectivity index is 0.00000196. The molecule has 1 rings (SSSR count). The Labute approximate surface area is 85.7 Å². The Kier molecular flexibility index (Phi) is 5.03. The summed E-state index contributed by atoms with van der Waals surface area (Å²) < 4.78 is 17.8. The lowest BCUT2D eigenvalue weighted by atomic mass is 10.2.